The molecule has 1 aliphatic rings. The lowest BCUT2D eigenvalue weighted by Gasteiger charge is -2.30. The van der Waals surface area contributed by atoms with Gasteiger partial charge in [-0.15, -0.1) is 10.2 Å². The van der Waals surface area contributed by atoms with Gasteiger partial charge in [-0.05, 0) is 49.2 Å². The first kappa shape index (κ1) is 18.0. The third-order valence-corrected chi connectivity index (χ3v) is 4.76. The molecular weight excluding hydrogens is 360 g/mol. The second kappa shape index (κ2) is 7.67. The Balaban J connectivity index is 1.36. The van der Waals surface area contributed by atoms with Gasteiger partial charge in [-0.25, -0.2) is 0 Å². The molecule has 0 unspecified atom stereocenters. The molecular formula is C20H20N4O4. The molecule has 0 bridgehead atoms. The molecule has 1 aliphatic heterocycles. The summed E-state index contributed by atoms with van der Waals surface area (Å²) in [6, 6.07) is 10.5. The van der Waals surface area contributed by atoms with Crippen molar-refractivity contribution in [2.24, 2.45) is 0 Å². The average molecular weight is 380 g/mol. The minimum absolute atomic E-state index is 0.0189. The number of nitrogens with one attached hydrogen (secondary N) is 1. The maximum atomic E-state index is 12.7. The molecule has 3 aromatic rings. The number of piperidine rings is 1. The second-order valence-corrected chi connectivity index (χ2v) is 6.75. The van der Waals surface area contributed by atoms with Crippen molar-refractivity contribution in [3.05, 3.63) is 54.1 Å². The molecule has 1 N–H and O–H groups in total. The predicted octanol–water partition coefficient (Wildman–Crippen LogP) is 3.31. The largest absolute Gasteiger partial charge is 0.459 e. The van der Waals surface area contributed by atoms with Crippen LogP contribution in [0.3, 0.4) is 0 Å². The van der Waals surface area contributed by atoms with E-state index < -0.39 is 0 Å². The minimum Gasteiger partial charge on any atom is -0.459 e. The number of carbonyl (C=O) groups excluding carboxylic acids is 2. The van der Waals surface area contributed by atoms with Crippen LogP contribution in [0.5, 0.6) is 0 Å². The molecule has 1 saturated heterocycles. The van der Waals surface area contributed by atoms with Crippen molar-refractivity contribution in [2.75, 3.05) is 18.4 Å². The fourth-order valence-corrected chi connectivity index (χ4v) is 3.31. The highest BCUT2D eigenvalue weighted by Gasteiger charge is 2.28. The molecule has 1 aromatic carbocycles. The van der Waals surface area contributed by atoms with Gasteiger partial charge in [0, 0.05) is 37.2 Å². The summed E-state index contributed by atoms with van der Waals surface area (Å²) in [4.78, 5) is 25.6. The Kier molecular flexibility index (Phi) is 4.92. The van der Waals surface area contributed by atoms with Crippen LogP contribution in [0, 0.1) is 0 Å². The lowest BCUT2D eigenvalue weighted by molar-refractivity contribution is -0.114. The number of rotatable bonds is 4. The van der Waals surface area contributed by atoms with Crippen molar-refractivity contribution in [1.82, 2.24) is 15.1 Å². The molecule has 8 heteroatoms. The molecule has 8 nitrogen and oxygen atoms in total. The first-order valence-electron chi connectivity index (χ1n) is 9.14. The number of aromatic nitrogens is 2. The summed E-state index contributed by atoms with van der Waals surface area (Å²) in [6.45, 7) is 2.69. The maximum absolute atomic E-state index is 12.7. The first-order valence-corrected chi connectivity index (χ1v) is 9.14. The summed E-state index contributed by atoms with van der Waals surface area (Å²) in [7, 11) is 0. The number of hydrogen-bond acceptors (Lipinski definition) is 6. The van der Waals surface area contributed by atoms with E-state index in [1.54, 1.807) is 42.7 Å². The third kappa shape index (κ3) is 3.80. The number of furan rings is 1. The summed E-state index contributed by atoms with van der Waals surface area (Å²) in [6.07, 6.45) is 3.08. The van der Waals surface area contributed by atoms with Crippen molar-refractivity contribution in [3.8, 4) is 11.7 Å². The molecule has 0 saturated carbocycles. The lowest BCUT2D eigenvalue weighted by atomic mass is 9.96. The van der Waals surface area contributed by atoms with Crippen molar-refractivity contribution in [2.45, 2.75) is 25.7 Å². The number of anilines is 1. The molecule has 4 rings (SSSR count). The number of benzene rings is 1. The number of nitrogens with zero attached hydrogens (tertiary/aromatic N) is 3. The predicted molar refractivity (Wildman–Crippen MR) is 101 cm³/mol. The van der Waals surface area contributed by atoms with Gasteiger partial charge in [-0.1, -0.05) is 0 Å². The van der Waals surface area contributed by atoms with Crippen LogP contribution < -0.4 is 5.32 Å². The Bertz CT molecular complexity index is 955. The van der Waals surface area contributed by atoms with Gasteiger partial charge in [0.05, 0.1) is 6.26 Å². The topological polar surface area (TPSA) is 101 Å². The number of amides is 2. The quantitative estimate of drug-likeness (QED) is 0.745. The van der Waals surface area contributed by atoms with Crippen LogP contribution in [0.1, 0.15) is 41.9 Å². The summed E-state index contributed by atoms with van der Waals surface area (Å²) < 4.78 is 11.0. The number of carbonyl (C=O) groups is 2. The summed E-state index contributed by atoms with van der Waals surface area (Å²) in [5.41, 5.74) is 1.27. The standard InChI is InChI=1S/C20H20N4O4/c1-13(25)21-16-6-4-15(5-7-16)20(26)24-10-8-14(9-11-24)18-22-23-19(28-18)17-3-2-12-27-17/h2-7,12,14H,8-11H2,1H3,(H,21,25). The molecule has 1 fully saturated rings. The van der Waals surface area contributed by atoms with Crippen LogP contribution in [0.15, 0.2) is 51.5 Å². The van der Waals surface area contributed by atoms with E-state index in [4.69, 9.17) is 8.83 Å². The lowest BCUT2D eigenvalue weighted by Crippen LogP contribution is -2.38. The fourth-order valence-electron chi connectivity index (χ4n) is 3.31. The van der Waals surface area contributed by atoms with Gasteiger partial charge in [0.2, 0.25) is 11.8 Å². The molecule has 0 atom stereocenters. The molecule has 28 heavy (non-hydrogen) atoms. The normalized spacial score (nSPS) is 14.8. The molecule has 144 valence electrons. The van der Waals surface area contributed by atoms with Gasteiger partial charge in [0.25, 0.3) is 11.8 Å². The smallest absolute Gasteiger partial charge is 0.283 e. The third-order valence-electron chi connectivity index (χ3n) is 4.76. The number of hydrogen-bond donors (Lipinski definition) is 1. The van der Waals surface area contributed by atoms with E-state index in [2.05, 4.69) is 15.5 Å². The Morgan fingerprint density at radius 2 is 1.86 bits per heavy atom. The van der Waals surface area contributed by atoms with Crippen molar-refractivity contribution < 1.29 is 18.4 Å². The Hall–Kier alpha value is -3.42. The van der Waals surface area contributed by atoms with Gasteiger partial charge in [-0.3, -0.25) is 9.59 Å². The molecule has 3 heterocycles. The summed E-state index contributed by atoms with van der Waals surface area (Å²) in [5, 5.41) is 10.9. The van der Waals surface area contributed by atoms with Crippen molar-refractivity contribution in [3.63, 3.8) is 0 Å². The molecule has 0 spiro atoms. The van der Waals surface area contributed by atoms with E-state index in [9.17, 15) is 9.59 Å². The average Bonchev–Trinajstić information content (AvgIpc) is 3.39. The fraction of sp³-hybridized carbons (Fsp3) is 0.300. The van der Waals surface area contributed by atoms with E-state index in [-0.39, 0.29) is 17.7 Å². The highest BCUT2D eigenvalue weighted by molar-refractivity contribution is 5.95. The van der Waals surface area contributed by atoms with Crippen molar-refractivity contribution in [1.29, 1.82) is 0 Å². The Labute approximate surface area is 161 Å². The van der Waals surface area contributed by atoms with Crippen LogP contribution in [-0.2, 0) is 4.79 Å². The zero-order valence-corrected chi connectivity index (χ0v) is 15.4. The highest BCUT2D eigenvalue weighted by atomic mass is 16.4. The Morgan fingerprint density at radius 1 is 1.11 bits per heavy atom. The van der Waals surface area contributed by atoms with Gasteiger partial charge in [-0.2, -0.15) is 0 Å². The van der Waals surface area contributed by atoms with E-state index in [1.165, 1.54) is 6.92 Å². The van der Waals surface area contributed by atoms with E-state index in [0.29, 0.717) is 41.9 Å². The molecule has 0 aliphatic carbocycles. The van der Waals surface area contributed by atoms with Gasteiger partial charge < -0.3 is 19.1 Å². The zero-order valence-electron chi connectivity index (χ0n) is 15.4. The number of likely N-dealkylation sites (tertiary alicyclic amines) is 1. The van der Waals surface area contributed by atoms with E-state index >= 15 is 0 Å². The van der Waals surface area contributed by atoms with E-state index in [1.807, 2.05) is 4.90 Å². The van der Waals surface area contributed by atoms with Crippen LogP contribution in [-0.4, -0.2) is 40.0 Å². The SMILES string of the molecule is CC(=O)Nc1ccc(C(=O)N2CCC(c3nnc(-c4ccco4)o3)CC2)cc1. The van der Waals surface area contributed by atoms with E-state index in [0.717, 1.165) is 12.8 Å². The first-order chi connectivity index (χ1) is 13.6. The Morgan fingerprint density at radius 3 is 2.50 bits per heavy atom. The molecule has 0 radical (unpaired) electrons. The monoisotopic (exact) mass is 380 g/mol. The van der Waals surface area contributed by atoms with Gasteiger partial charge in [0.1, 0.15) is 0 Å². The van der Waals surface area contributed by atoms with Crippen LogP contribution >= 0.6 is 0 Å². The van der Waals surface area contributed by atoms with Crippen molar-refractivity contribution >= 4 is 17.5 Å². The van der Waals surface area contributed by atoms with Crippen LogP contribution in [0.4, 0.5) is 5.69 Å². The van der Waals surface area contributed by atoms with Gasteiger partial charge in [0.15, 0.2) is 5.76 Å². The van der Waals surface area contributed by atoms with Crippen LogP contribution in [0.2, 0.25) is 0 Å². The van der Waals surface area contributed by atoms with Crippen LogP contribution in [0.25, 0.3) is 11.7 Å². The molecule has 2 aromatic heterocycles. The zero-order chi connectivity index (χ0) is 19.5. The highest BCUT2D eigenvalue weighted by Crippen LogP contribution is 2.30. The van der Waals surface area contributed by atoms with Gasteiger partial charge >= 0.3 is 0 Å². The summed E-state index contributed by atoms with van der Waals surface area (Å²) >= 11 is 0. The maximum Gasteiger partial charge on any atom is 0.283 e. The minimum atomic E-state index is -0.141. The second-order valence-electron chi connectivity index (χ2n) is 6.75. The summed E-state index contributed by atoms with van der Waals surface area (Å²) in [5.74, 6) is 1.47. The molecule has 2 amide bonds.